The number of thioether (sulfide) groups is 1. The summed E-state index contributed by atoms with van der Waals surface area (Å²) in [6.45, 7) is 2.62. The van der Waals surface area contributed by atoms with Gasteiger partial charge in [-0.05, 0) is 29.8 Å². The Labute approximate surface area is 193 Å². The van der Waals surface area contributed by atoms with E-state index < -0.39 is 10.0 Å². The molecule has 0 N–H and O–H groups in total. The molecule has 170 valence electrons. The van der Waals surface area contributed by atoms with Crippen LogP contribution in [0.2, 0.25) is 0 Å². The van der Waals surface area contributed by atoms with Gasteiger partial charge in [-0.25, -0.2) is 8.42 Å². The van der Waals surface area contributed by atoms with Crippen LogP contribution in [0, 0.1) is 0 Å². The Morgan fingerprint density at radius 1 is 0.969 bits per heavy atom. The Kier molecular flexibility index (Phi) is 7.39. The highest BCUT2D eigenvalue weighted by Gasteiger charge is 2.27. The topological polar surface area (TPSA) is 76.2 Å². The van der Waals surface area contributed by atoms with Crippen molar-refractivity contribution in [1.29, 1.82) is 0 Å². The summed E-state index contributed by atoms with van der Waals surface area (Å²) >= 11 is 1.44. The number of sulfonamides is 1. The first-order valence-corrected chi connectivity index (χ1v) is 13.0. The average Bonchev–Trinajstić information content (AvgIpc) is 3.07. The van der Waals surface area contributed by atoms with E-state index in [0.717, 1.165) is 22.6 Å². The summed E-state index contributed by atoms with van der Waals surface area (Å²) in [4.78, 5) is 15.3. The number of ether oxygens (including phenoxy) is 2. The SMILES string of the molecule is O=C(CSc1ccc2c(c1)OCCCO2)N1CCN(S(=O)(=O)/C=C/c2ccccc2)CC1. The predicted octanol–water partition coefficient (Wildman–Crippen LogP) is 3.08. The van der Waals surface area contributed by atoms with Gasteiger partial charge in [-0.1, -0.05) is 30.3 Å². The first-order valence-electron chi connectivity index (χ1n) is 10.5. The monoisotopic (exact) mass is 474 g/mol. The van der Waals surface area contributed by atoms with Crippen LogP contribution in [-0.2, 0) is 14.8 Å². The van der Waals surface area contributed by atoms with Crippen LogP contribution >= 0.6 is 11.8 Å². The molecule has 1 fully saturated rings. The number of amides is 1. The number of benzene rings is 2. The molecule has 9 heteroatoms. The number of piperazine rings is 1. The summed E-state index contributed by atoms with van der Waals surface area (Å²) in [6, 6.07) is 15.0. The molecule has 2 heterocycles. The second-order valence-electron chi connectivity index (χ2n) is 7.49. The largest absolute Gasteiger partial charge is 0.490 e. The summed E-state index contributed by atoms with van der Waals surface area (Å²) in [5.41, 5.74) is 0.830. The molecular formula is C23H26N2O5S2. The van der Waals surface area contributed by atoms with Gasteiger partial charge in [0.05, 0.1) is 19.0 Å². The summed E-state index contributed by atoms with van der Waals surface area (Å²) in [5.74, 6) is 1.73. The van der Waals surface area contributed by atoms with Crippen LogP contribution in [0.4, 0.5) is 0 Å². The molecule has 0 aromatic heterocycles. The lowest BCUT2D eigenvalue weighted by atomic mass is 10.2. The molecule has 2 aliphatic heterocycles. The Balaban J connectivity index is 1.27. The fourth-order valence-electron chi connectivity index (χ4n) is 3.48. The van der Waals surface area contributed by atoms with Gasteiger partial charge in [0.2, 0.25) is 15.9 Å². The second kappa shape index (κ2) is 10.4. The highest BCUT2D eigenvalue weighted by Crippen LogP contribution is 2.34. The quantitative estimate of drug-likeness (QED) is 0.599. The van der Waals surface area contributed by atoms with Crippen molar-refractivity contribution in [2.45, 2.75) is 11.3 Å². The van der Waals surface area contributed by atoms with E-state index in [2.05, 4.69) is 0 Å². The lowest BCUT2D eigenvalue weighted by molar-refractivity contribution is -0.129. The summed E-state index contributed by atoms with van der Waals surface area (Å²) in [7, 11) is -3.51. The van der Waals surface area contributed by atoms with Crippen LogP contribution < -0.4 is 9.47 Å². The van der Waals surface area contributed by atoms with E-state index in [1.54, 1.807) is 11.0 Å². The van der Waals surface area contributed by atoms with E-state index in [0.29, 0.717) is 50.9 Å². The first-order chi connectivity index (χ1) is 15.5. The maximum atomic E-state index is 12.6. The molecule has 2 aliphatic rings. The summed E-state index contributed by atoms with van der Waals surface area (Å²) in [6.07, 6.45) is 2.44. The molecule has 32 heavy (non-hydrogen) atoms. The molecule has 2 aromatic rings. The van der Waals surface area contributed by atoms with Crippen LogP contribution in [0.15, 0.2) is 58.8 Å². The molecule has 0 unspecified atom stereocenters. The molecule has 0 atom stereocenters. The molecule has 0 spiro atoms. The number of hydrogen-bond donors (Lipinski definition) is 0. The van der Waals surface area contributed by atoms with E-state index >= 15 is 0 Å². The van der Waals surface area contributed by atoms with Crippen molar-refractivity contribution >= 4 is 33.8 Å². The number of carbonyl (C=O) groups excluding carboxylic acids is 1. The van der Waals surface area contributed by atoms with Gasteiger partial charge in [0, 0.05) is 42.9 Å². The lowest BCUT2D eigenvalue weighted by Crippen LogP contribution is -2.50. The molecule has 1 saturated heterocycles. The minimum atomic E-state index is -3.51. The van der Waals surface area contributed by atoms with Crippen molar-refractivity contribution in [3.05, 3.63) is 59.5 Å². The van der Waals surface area contributed by atoms with Gasteiger partial charge in [-0.3, -0.25) is 4.79 Å². The van der Waals surface area contributed by atoms with Crippen molar-refractivity contribution in [3.63, 3.8) is 0 Å². The van der Waals surface area contributed by atoms with E-state index in [1.807, 2.05) is 48.5 Å². The van der Waals surface area contributed by atoms with E-state index in [-0.39, 0.29) is 5.91 Å². The molecule has 1 amide bonds. The Hall–Kier alpha value is -2.49. The minimum absolute atomic E-state index is 0.000938. The van der Waals surface area contributed by atoms with Gasteiger partial charge in [-0.15, -0.1) is 11.8 Å². The third-order valence-electron chi connectivity index (χ3n) is 5.26. The van der Waals surface area contributed by atoms with Crippen LogP contribution in [0.5, 0.6) is 11.5 Å². The summed E-state index contributed by atoms with van der Waals surface area (Å²) in [5, 5.41) is 1.24. The smallest absolute Gasteiger partial charge is 0.236 e. The van der Waals surface area contributed by atoms with Crippen LogP contribution in [0.3, 0.4) is 0 Å². The van der Waals surface area contributed by atoms with Crippen molar-refractivity contribution in [1.82, 2.24) is 9.21 Å². The van der Waals surface area contributed by atoms with Crippen LogP contribution in [0.1, 0.15) is 12.0 Å². The van der Waals surface area contributed by atoms with Crippen molar-refractivity contribution in [3.8, 4) is 11.5 Å². The highest BCUT2D eigenvalue weighted by atomic mass is 32.2. The Morgan fingerprint density at radius 2 is 1.69 bits per heavy atom. The maximum Gasteiger partial charge on any atom is 0.236 e. The van der Waals surface area contributed by atoms with Gasteiger partial charge < -0.3 is 14.4 Å². The zero-order valence-corrected chi connectivity index (χ0v) is 19.3. The van der Waals surface area contributed by atoms with Gasteiger partial charge in [0.25, 0.3) is 0 Å². The molecule has 0 bridgehead atoms. The van der Waals surface area contributed by atoms with Crippen molar-refractivity contribution < 1.29 is 22.7 Å². The molecule has 0 saturated carbocycles. The first kappa shape index (κ1) is 22.7. The Bertz CT molecular complexity index is 1070. The molecule has 0 aliphatic carbocycles. The normalized spacial score (nSPS) is 17.3. The number of hydrogen-bond acceptors (Lipinski definition) is 6. The predicted molar refractivity (Wildman–Crippen MR) is 125 cm³/mol. The second-order valence-corrected chi connectivity index (χ2v) is 10.4. The minimum Gasteiger partial charge on any atom is -0.490 e. The van der Waals surface area contributed by atoms with Gasteiger partial charge in [0.1, 0.15) is 0 Å². The highest BCUT2D eigenvalue weighted by molar-refractivity contribution is 8.00. The molecule has 0 radical (unpaired) electrons. The number of fused-ring (bicyclic) bond motifs is 1. The van der Waals surface area contributed by atoms with Crippen LogP contribution in [0.25, 0.3) is 6.08 Å². The number of carbonyl (C=O) groups is 1. The third-order valence-corrected chi connectivity index (χ3v) is 7.81. The molecule has 4 rings (SSSR count). The van der Waals surface area contributed by atoms with E-state index in [1.165, 1.54) is 21.5 Å². The standard InChI is InChI=1S/C23H26N2O5S2/c26-23(18-31-20-7-8-21-22(17-20)30-15-4-14-29-21)24-10-12-25(13-11-24)32(27,28)16-9-19-5-2-1-3-6-19/h1-3,5-9,16-17H,4,10-15,18H2/b16-9+. The number of nitrogens with zero attached hydrogens (tertiary/aromatic N) is 2. The average molecular weight is 475 g/mol. The Morgan fingerprint density at radius 3 is 2.44 bits per heavy atom. The van der Waals surface area contributed by atoms with Crippen molar-refractivity contribution in [2.75, 3.05) is 45.1 Å². The zero-order chi connectivity index (χ0) is 22.4. The van der Waals surface area contributed by atoms with Gasteiger partial charge in [-0.2, -0.15) is 4.31 Å². The fourth-order valence-corrected chi connectivity index (χ4v) is 5.48. The fraction of sp³-hybridized carbons (Fsp3) is 0.348. The number of rotatable bonds is 6. The molecule has 7 nitrogen and oxygen atoms in total. The third kappa shape index (κ3) is 5.85. The van der Waals surface area contributed by atoms with Gasteiger partial charge in [0.15, 0.2) is 11.5 Å². The van der Waals surface area contributed by atoms with Crippen molar-refractivity contribution in [2.24, 2.45) is 0 Å². The maximum absolute atomic E-state index is 12.6. The van der Waals surface area contributed by atoms with Gasteiger partial charge >= 0.3 is 0 Å². The zero-order valence-electron chi connectivity index (χ0n) is 17.7. The molecule has 2 aromatic carbocycles. The van der Waals surface area contributed by atoms with E-state index in [4.69, 9.17) is 9.47 Å². The molecular weight excluding hydrogens is 448 g/mol. The van der Waals surface area contributed by atoms with E-state index in [9.17, 15) is 13.2 Å². The summed E-state index contributed by atoms with van der Waals surface area (Å²) < 4.78 is 38.0. The van der Waals surface area contributed by atoms with Crippen LogP contribution in [-0.4, -0.2) is 68.7 Å². The lowest BCUT2D eigenvalue weighted by Gasteiger charge is -2.33.